The van der Waals surface area contributed by atoms with Gasteiger partial charge in [0.15, 0.2) is 11.5 Å². The first kappa shape index (κ1) is 28.0. The summed E-state index contributed by atoms with van der Waals surface area (Å²) in [7, 11) is 0. The fourth-order valence-corrected chi connectivity index (χ4v) is 6.29. The van der Waals surface area contributed by atoms with Crippen LogP contribution < -0.4 is 11.1 Å². The van der Waals surface area contributed by atoms with Gasteiger partial charge in [-0.2, -0.15) is 9.49 Å². The van der Waals surface area contributed by atoms with E-state index in [0.29, 0.717) is 11.6 Å². The van der Waals surface area contributed by atoms with Gasteiger partial charge in [-0.25, -0.2) is 18.9 Å². The molecule has 2 amide bonds. The van der Waals surface area contributed by atoms with Gasteiger partial charge in [-0.3, -0.25) is 19.5 Å². The molecule has 0 bridgehead atoms. The predicted molar refractivity (Wildman–Crippen MR) is 158 cm³/mol. The number of nitrogens with two attached hydrogens (primary N) is 1. The summed E-state index contributed by atoms with van der Waals surface area (Å²) in [5.41, 5.74) is 7.76. The third kappa shape index (κ3) is 5.62. The van der Waals surface area contributed by atoms with E-state index >= 15 is 0 Å². The molecular formula is C31H31F2N9O2. The number of aromatic nitrogens is 4. The van der Waals surface area contributed by atoms with Crippen LogP contribution >= 0.6 is 0 Å². The van der Waals surface area contributed by atoms with Gasteiger partial charge in [0.05, 0.1) is 18.4 Å². The number of anilines is 1. The van der Waals surface area contributed by atoms with Gasteiger partial charge in [-0.15, -0.1) is 0 Å². The van der Waals surface area contributed by atoms with Crippen LogP contribution in [0.25, 0.3) is 5.65 Å². The van der Waals surface area contributed by atoms with Crippen LogP contribution in [0.5, 0.6) is 0 Å². The number of hydrogen-bond acceptors (Lipinski definition) is 8. The third-order valence-electron chi connectivity index (χ3n) is 8.49. The highest BCUT2D eigenvalue weighted by molar-refractivity contribution is 6.03. The summed E-state index contributed by atoms with van der Waals surface area (Å²) in [6.07, 6.45) is 6.65. The van der Waals surface area contributed by atoms with Crippen molar-refractivity contribution in [3.05, 3.63) is 89.5 Å². The average molecular weight is 600 g/mol. The van der Waals surface area contributed by atoms with Crippen molar-refractivity contribution in [1.29, 1.82) is 0 Å². The number of carbonyl (C=O) groups is 2. The Hall–Kier alpha value is -4.78. The van der Waals surface area contributed by atoms with Crippen molar-refractivity contribution in [2.24, 2.45) is 16.6 Å². The summed E-state index contributed by atoms with van der Waals surface area (Å²) in [6.45, 7) is 1.73. The molecule has 1 saturated carbocycles. The average Bonchev–Trinajstić information content (AvgIpc) is 3.66. The highest BCUT2D eigenvalue weighted by Crippen LogP contribution is 2.48. The maximum Gasteiger partial charge on any atom is 0.257 e. The van der Waals surface area contributed by atoms with Gasteiger partial charge in [-0.1, -0.05) is 12.1 Å². The fraction of sp³-hybridized carbons (Fsp3) is 0.355. The maximum atomic E-state index is 13.9. The molecule has 2 atom stereocenters. The number of primary amides is 1. The van der Waals surface area contributed by atoms with E-state index in [1.807, 2.05) is 12.1 Å². The van der Waals surface area contributed by atoms with Gasteiger partial charge in [0, 0.05) is 42.9 Å². The minimum Gasteiger partial charge on any atom is -0.369 e. The maximum absolute atomic E-state index is 13.9. The summed E-state index contributed by atoms with van der Waals surface area (Å²) in [6, 6.07) is 12.3. The van der Waals surface area contributed by atoms with Crippen LogP contribution in [0.1, 0.15) is 59.4 Å². The molecule has 1 saturated heterocycles. The lowest BCUT2D eigenvalue weighted by Crippen LogP contribution is -2.49. The van der Waals surface area contributed by atoms with Crippen LogP contribution in [0.4, 0.5) is 14.6 Å². The summed E-state index contributed by atoms with van der Waals surface area (Å²) < 4.78 is 29.1. The zero-order valence-electron chi connectivity index (χ0n) is 23.8. The van der Waals surface area contributed by atoms with Crippen molar-refractivity contribution in [2.75, 3.05) is 25.0 Å². The normalized spacial score (nSPS) is 21.0. The standard InChI is InChI=1S/C31H31F2N9O2/c32-21-5-3-18(4-6-21)28-29(42(30(38-28)19-1-2-19)22-10-13-40(14-11-22)16-25(34)43)23-7-8-27-36-26(17-41(27)39-23)37-31(44)20-9-12-35-24(33)15-20/h3-9,12,15,17,19,22,28-29H,1-2,10-11,13-14,16H2,(H2,34,43)(H,37,44). The van der Waals surface area contributed by atoms with Gasteiger partial charge in [0.2, 0.25) is 11.9 Å². The first-order chi connectivity index (χ1) is 21.3. The Balaban J connectivity index is 1.22. The largest absolute Gasteiger partial charge is 0.369 e. The van der Waals surface area contributed by atoms with Gasteiger partial charge >= 0.3 is 0 Å². The number of halogens is 2. The smallest absolute Gasteiger partial charge is 0.257 e. The lowest BCUT2D eigenvalue weighted by atomic mass is 9.93. The monoisotopic (exact) mass is 599 g/mol. The Bertz CT molecular complexity index is 1750. The molecule has 5 heterocycles. The number of rotatable bonds is 8. The topological polar surface area (TPSA) is 134 Å². The Labute approximate surface area is 251 Å². The van der Waals surface area contributed by atoms with Crippen molar-refractivity contribution in [3.8, 4) is 0 Å². The van der Waals surface area contributed by atoms with Crippen LogP contribution in [-0.4, -0.2) is 72.7 Å². The van der Waals surface area contributed by atoms with Crippen molar-refractivity contribution in [2.45, 2.75) is 43.8 Å². The van der Waals surface area contributed by atoms with Crippen LogP contribution in [0, 0.1) is 17.7 Å². The van der Waals surface area contributed by atoms with E-state index in [-0.39, 0.29) is 47.8 Å². The Kier molecular flexibility index (Phi) is 7.24. The summed E-state index contributed by atoms with van der Waals surface area (Å²) in [5, 5.41) is 7.65. The minimum absolute atomic E-state index is 0.124. The molecule has 3 aliphatic rings. The van der Waals surface area contributed by atoms with Gasteiger partial charge in [0.25, 0.3) is 5.91 Å². The molecule has 4 aromatic rings. The van der Waals surface area contributed by atoms with E-state index in [2.05, 4.69) is 25.1 Å². The van der Waals surface area contributed by atoms with Gasteiger partial charge in [0.1, 0.15) is 23.7 Å². The second-order valence-electron chi connectivity index (χ2n) is 11.6. The molecule has 3 aromatic heterocycles. The first-order valence-electron chi connectivity index (χ1n) is 14.7. The molecule has 44 heavy (non-hydrogen) atoms. The second-order valence-corrected chi connectivity index (χ2v) is 11.6. The van der Waals surface area contributed by atoms with E-state index in [0.717, 1.165) is 61.9 Å². The van der Waals surface area contributed by atoms with Crippen LogP contribution in [0.2, 0.25) is 0 Å². The second kappa shape index (κ2) is 11.4. The Morgan fingerprint density at radius 2 is 1.77 bits per heavy atom. The van der Waals surface area contributed by atoms with E-state index in [4.69, 9.17) is 15.8 Å². The lowest BCUT2D eigenvalue weighted by molar-refractivity contribution is -0.119. The number of amidine groups is 1. The predicted octanol–water partition coefficient (Wildman–Crippen LogP) is 3.51. The van der Waals surface area contributed by atoms with Crippen LogP contribution in [-0.2, 0) is 4.79 Å². The summed E-state index contributed by atoms with van der Waals surface area (Å²) >= 11 is 0. The van der Waals surface area contributed by atoms with Crippen molar-refractivity contribution < 1.29 is 18.4 Å². The zero-order chi connectivity index (χ0) is 30.4. The Morgan fingerprint density at radius 1 is 1.00 bits per heavy atom. The molecule has 0 spiro atoms. The molecule has 226 valence electrons. The van der Waals surface area contributed by atoms with E-state index in [9.17, 15) is 18.4 Å². The van der Waals surface area contributed by atoms with Gasteiger partial charge in [-0.05, 0) is 61.6 Å². The quantitative estimate of drug-likeness (QED) is 0.296. The minimum atomic E-state index is -0.748. The Morgan fingerprint density at radius 3 is 2.48 bits per heavy atom. The number of aliphatic imine (C=N–C) groups is 1. The number of imidazole rings is 1. The number of carbonyl (C=O) groups excluding carboxylic acids is 2. The zero-order valence-corrected chi connectivity index (χ0v) is 23.8. The number of nitrogens with one attached hydrogen (secondary N) is 1. The number of fused-ring (bicyclic) bond motifs is 1. The molecule has 1 aliphatic carbocycles. The fourth-order valence-electron chi connectivity index (χ4n) is 6.29. The third-order valence-corrected chi connectivity index (χ3v) is 8.49. The number of likely N-dealkylation sites (tertiary alicyclic amines) is 1. The van der Waals surface area contributed by atoms with E-state index in [1.165, 1.54) is 24.4 Å². The van der Waals surface area contributed by atoms with Crippen molar-refractivity contribution >= 4 is 29.1 Å². The van der Waals surface area contributed by atoms with Gasteiger partial charge < -0.3 is 16.0 Å². The molecule has 13 heteroatoms. The number of hydrogen-bond donors (Lipinski definition) is 2. The number of benzene rings is 1. The highest BCUT2D eigenvalue weighted by Gasteiger charge is 2.47. The molecule has 2 aliphatic heterocycles. The van der Waals surface area contributed by atoms with Crippen LogP contribution in [0.15, 0.2) is 65.9 Å². The lowest BCUT2D eigenvalue weighted by Gasteiger charge is -2.41. The van der Waals surface area contributed by atoms with E-state index < -0.39 is 11.9 Å². The summed E-state index contributed by atoms with van der Waals surface area (Å²) in [5.74, 6) is -0.213. The number of amides is 2. The molecule has 2 unspecified atom stereocenters. The highest BCUT2D eigenvalue weighted by atomic mass is 19.1. The first-order valence-corrected chi connectivity index (χ1v) is 14.7. The van der Waals surface area contributed by atoms with Crippen molar-refractivity contribution in [1.82, 2.24) is 29.4 Å². The molecular weight excluding hydrogens is 568 g/mol. The van der Waals surface area contributed by atoms with E-state index in [1.54, 1.807) is 22.8 Å². The number of pyridine rings is 1. The number of piperidine rings is 1. The molecule has 1 aromatic carbocycles. The molecule has 0 radical (unpaired) electrons. The SMILES string of the molecule is NC(=O)CN1CCC(N2C(C3CC3)=NC(c3ccc(F)cc3)C2c2ccc3nc(NC(=O)c4ccnc(F)c4)cn3n2)CC1. The number of nitrogens with zero attached hydrogens (tertiary/aromatic N) is 7. The summed E-state index contributed by atoms with van der Waals surface area (Å²) in [4.78, 5) is 42.0. The molecule has 7 rings (SSSR count). The molecule has 2 fully saturated rings. The molecule has 3 N–H and O–H groups in total. The molecule has 11 nitrogen and oxygen atoms in total. The van der Waals surface area contributed by atoms with Crippen molar-refractivity contribution in [3.63, 3.8) is 0 Å². The van der Waals surface area contributed by atoms with Crippen LogP contribution in [0.3, 0.4) is 0 Å².